The lowest BCUT2D eigenvalue weighted by Gasteiger charge is -2.07. The molecule has 5 aromatic rings. The molecule has 6 nitrogen and oxygen atoms in total. The van der Waals surface area contributed by atoms with Crippen LogP contribution in [0.2, 0.25) is 5.02 Å². The summed E-state index contributed by atoms with van der Waals surface area (Å²) in [6.07, 6.45) is 1.98. The fourth-order valence-corrected chi connectivity index (χ4v) is 3.51. The fourth-order valence-electron chi connectivity index (χ4n) is 3.32. The first kappa shape index (κ1) is 16.5. The van der Waals surface area contributed by atoms with Crippen LogP contribution in [0.1, 0.15) is 0 Å². The van der Waals surface area contributed by atoms with Gasteiger partial charge in [-0.05, 0) is 24.3 Å². The predicted molar refractivity (Wildman–Crippen MR) is 111 cm³/mol. The molecule has 3 heterocycles. The molecule has 0 amide bonds. The van der Waals surface area contributed by atoms with Gasteiger partial charge < -0.3 is 5.73 Å². The summed E-state index contributed by atoms with van der Waals surface area (Å²) in [6, 6.07) is 21.4. The van der Waals surface area contributed by atoms with Crippen LogP contribution in [-0.2, 0) is 0 Å². The van der Waals surface area contributed by atoms with Crippen molar-refractivity contribution in [2.45, 2.75) is 0 Å². The van der Waals surface area contributed by atoms with Gasteiger partial charge in [-0.2, -0.15) is 5.10 Å². The van der Waals surface area contributed by atoms with Gasteiger partial charge >= 0.3 is 0 Å². The summed E-state index contributed by atoms with van der Waals surface area (Å²) < 4.78 is 1.96. The van der Waals surface area contributed by atoms with E-state index in [2.05, 4.69) is 20.4 Å². The molecule has 5 rings (SSSR count). The molecular weight excluding hydrogens is 372 g/mol. The van der Waals surface area contributed by atoms with E-state index in [0.29, 0.717) is 10.8 Å². The average Bonchev–Trinajstić information content (AvgIpc) is 3.31. The summed E-state index contributed by atoms with van der Waals surface area (Å²) in [5, 5.41) is 16.5. The minimum absolute atomic E-state index is 0.420. The van der Waals surface area contributed by atoms with E-state index in [1.54, 1.807) is 0 Å². The molecule has 3 aromatic heterocycles. The zero-order valence-corrected chi connectivity index (χ0v) is 15.4. The van der Waals surface area contributed by atoms with Gasteiger partial charge in [0, 0.05) is 27.9 Å². The molecule has 0 unspecified atom stereocenters. The van der Waals surface area contributed by atoms with Crippen LogP contribution in [0.5, 0.6) is 0 Å². The molecule has 0 radical (unpaired) electrons. The van der Waals surface area contributed by atoms with E-state index in [9.17, 15) is 0 Å². The number of rotatable bonds is 3. The number of nitrogen functional groups attached to an aromatic ring is 1. The number of hydrogen-bond donors (Lipinski definition) is 2. The van der Waals surface area contributed by atoms with Gasteiger partial charge in [0.05, 0.1) is 11.3 Å². The second-order valence-electron chi connectivity index (χ2n) is 6.40. The Kier molecular flexibility index (Phi) is 3.84. The Balaban J connectivity index is 1.70. The van der Waals surface area contributed by atoms with E-state index in [1.165, 1.54) is 0 Å². The Labute approximate surface area is 165 Å². The summed E-state index contributed by atoms with van der Waals surface area (Å²) in [5.41, 5.74) is 11.4. The van der Waals surface area contributed by atoms with Crippen LogP contribution in [0.4, 0.5) is 5.82 Å². The van der Waals surface area contributed by atoms with Gasteiger partial charge in [-0.3, -0.25) is 9.50 Å². The van der Waals surface area contributed by atoms with Gasteiger partial charge in [-0.15, -0.1) is 10.2 Å². The van der Waals surface area contributed by atoms with Gasteiger partial charge in [-0.1, -0.05) is 54.1 Å². The number of benzene rings is 2. The van der Waals surface area contributed by atoms with Crippen LogP contribution in [0.25, 0.3) is 39.4 Å². The fraction of sp³-hybridized carbons (Fsp3) is 0. The molecule has 0 spiro atoms. The van der Waals surface area contributed by atoms with E-state index in [-0.39, 0.29) is 0 Å². The van der Waals surface area contributed by atoms with E-state index in [4.69, 9.17) is 17.3 Å². The summed E-state index contributed by atoms with van der Waals surface area (Å²) >= 11 is 6.17. The lowest BCUT2D eigenvalue weighted by molar-refractivity contribution is 1.10. The van der Waals surface area contributed by atoms with Crippen molar-refractivity contribution in [3.8, 4) is 33.8 Å². The number of nitrogens with zero attached hydrogens (tertiary/aromatic N) is 4. The monoisotopic (exact) mass is 386 g/mol. The van der Waals surface area contributed by atoms with Crippen molar-refractivity contribution in [2.75, 3.05) is 5.73 Å². The highest BCUT2D eigenvalue weighted by molar-refractivity contribution is 6.30. The Bertz CT molecular complexity index is 1290. The van der Waals surface area contributed by atoms with Crippen molar-refractivity contribution in [2.24, 2.45) is 0 Å². The Morgan fingerprint density at radius 2 is 1.68 bits per heavy atom. The molecular formula is C21H15ClN6. The number of pyridine rings is 1. The van der Waals surface area contributed by atoms with Crippen LogP contribution >= 0.6 is 11.6 Å². The molecule has 0 fully saturated rings. The summed E-state index contributed by atoms with van der Waals surface area (Å²) in [7, 11) is 0. The molecule has 7 heteroatoms. The smallest absolute Gasteiger partial charge is 0.168 e. The minimum Gasteiger partial charge on any atom is -0.382 e. The molecule has 136 valence electrons. The molecule has 3 N–H and O–H groups in total. The number of aromatic nitrogens is 5. The quantitative estimate of drug-likeness (QED) is 0.471. The number of anilines is 1. The van der Waals surface area contributed by atoms with E-state index >= 15 is 0 Å². The molecule has 0 saturated heterocycles. The molecule has 0 aliphatic rings. The molecule has 0 aliphatic heterocycles. The van der Waals surface area contributed by atoms with Crippen molar-refractivity contribution >= 4 is 23.1 Å². The molecule has 0 atom stereocenters. The number of nitrogens with one attached hydrogen (secondary N) is 1. The Morgan fingerprint density at radius 3 is 2.50 bits per heavy atom. The van der Waals surface area contributed by atoms with Crippen molar-refractivity contribution in [1.82, 2.24) is 24.8 Å². The van der Waals surface area contributed by atoms with Gasteiger partial charge in [0.15, 0.2) is 17.3 Å². The number of aromatic amines is 1. The SMILES string of the molecule is Nc1n[nH]c(-c2cccc(Cl)c2)c1-c1ccc2nnc(-c3ccccc3)n2c1. The molecule has 0 aliphatic carbocycles. The predicted octanol–water partition coefficient (Wildman–Crippen LogP) is 4.69. The van der Waals surface area contributed by atoms with Crippen LogP contribution in [0.15, 0.2) is 72.9 Å². The summed E-state index contributed by atoms with van der Waals surface area (Å²) in [5.74, 6) is 1.19. The van der Waals surface area contributed by atoms with Crippen molar-refractivity contribution < 1.29 is 0 Å². The first-order valence-electron chi connectivity index (χ1n) is 8.71. The molecule has 2 aromatic carbocycles. The maximum atomic E-state index is 6.20. The van der Waals surface area contributed by atoms with Crippen molar-refractivity contribution in [3.63, 3.8) is 0 Å². The number of H-pyrrole nitrogens is 1. The zero-order valence-electron chi connectivity index (χ0n) is 14.7. The molecule has 0 saturated carbocycles. The normalized spacial score (nSPS) is 11.2. The number of halogens is 1. The maximum absolute atomic E-state index is 6.20. The lowest BCUT2D eigenvalue weighted by Crippen LogP contribution is -1.93. The van der Waals surface area contributed by atoms with Crippen LogP contribution < -0.4 is 5.73 Å². The topological polar surface area (TPSA) is 84.9 Å². The first-order valence-corrected chi connectivity index (χ1v) is 9.09. The summed E-state index contributed by atoms with van der Waals surface area (Å²) in [6.45, 7) is 0. The van der Waals surface area contributed by atoms with Gasteiger partial charge in [0.2, 0.25) is 0 Å². The van der Waals surface area contributed by atoms with E-state index in [0.717, 1.165) is 39.4 Å². The number of nitrogens with two attached hydrogens (primary N) is 1. The third-order valence-electron chi connectivity index (χ3n) is 4.63. The summed E-state index contributed by atoms with van der Waals surface area (Å²) in [4.78, 5) is 0. The van der Waals surface area contributed by atoms with E-state index < -0.39 is 0 Å². The van der Waals surface area contributed by atoms with Gasteiger partial charge in [-0.25, -0.2) is 0 Å². The highest BCUT2D eigenvalue weighted by Crippen LogP contribution is 2.36. The maximum Gasteiger partial charge on any atom is 0.168 e. The minimum atomic E-state index is 0.420. The Hall–Kier alpha value is -3.64. The van der Waals surface area contributed by atoms with E-state index in [1.807, 2.05) is 77.3 Å². The zero-order chi connectivity index (χ0) is 19.1. The number of hydrogen-bond acceptors (Lipinski definition) is 4. The van der Waals surface area contributed by atoms with Gasteiger partial charge in [0.25, 0.3) is 0 Å². The Morgan fingerprint density at radius 1 is 0.857 bits per heavy atom. The van der Waals surface area contributed by atoms with Gasteiger partial charge in [0.1, 0.15) is 0 Å². The van der Waals surface area contributed by atoms with Crippen LogP contribution in [-0.4, -0.2) is 24.8 Å². The second-order valence-corrected chi connectivity index (χ2v) is 6.84. The molecule has 28 heavy (non-hydrogen) atoms. The number of fused-ring (bicyclic) bond motifs is 1. The third-order valence-corrected chi connectivity index (χ3v) is 4.87. The lowest BCUT2D eigenvalue weighted by atomic mass is 10.0. The highest BCUT2D eigenvalue weighted by Gasteiger charge is 2.17. The third kappa shape index (κ3) is 2.71. The van der Waals surface area contributed by atoms with Crippen LogP contribution in [0, 0.1) is 0 Å². The van der Waals surface area contributed by atoms with Crippen molar-refractivity contribution in [1.29, 1.82) is 0 Å². The largest absolute Gasteiger partial charge is 0.382 e. The first-order chi connectivity index (χ1) is 13.7. The standard InChI is InChI=1S/C21H15ClN6/c22-16-8-4-7-14(11-16)19-18(20(23)26-25-19)15-9-10-17-24-27-21(28(17)12-15)13-5-2-1-3-6-13/h1-12H,(H3,23,25,26). The second kappa shape index (κ2) is 6.51. The van der Waals surface area contributed by atoms with Crippen molar-refractivity contribution in [3.05, 3.63) is 77.9 Å². The highest BCUT2D eigenvalue weighted by atomic mass is 35.5. The van der Waals surface area contributed by atoms with Crippen LogP contribution in [0.3, 0.4) is 0 Å². The molecule has 0 bridgehead atoms. The average molecular weight is 387 g/mol.